The summed E-state index contributed by atoms with van der Waals surface area (Å²) in [6.07, 6.45) is 5.23. The summed E-state index contributed by atoms with van der Waals surface area (Å²) in [5, 5.41) is 11.3. The molecule has 0 bridgehead atoms. The molecule has 1 aromatic rings. The van der Waals surface area contributed by atoms with Crippen molar-refractivity contribution in [2.45, 2.75) is 26.7 Å². The average Bonchev–Trinajstić information content (AvgIpc) is 2.71. The van der Waals surface area contributed by atoms with E-state index in [-0.39, 0.29) is 24.6 Å². The number of halogens is 1. The van der Waals surface area contributed by atoms with Crippen LogP contribution in [0.2, 0.25) is 0 Å². The lowest BCUT2D eigenvalue weighted by Crippen LogP contribution is -2.41. The molecule has 0 unspecified atom stereocenters. The van der Waals surface area contributed by atoms with Crippen LogP contribution in [0, 0.1) is 12.7 Å². The maximum Gasteiger partial charge on any atom is 0.271 e. The first-order valence-electron chi connectivity index (χ1n) is 9.28. The van der Waals surface area contributed by atoms with Gasteiger partial charge in [-0.05, 0) is 43.2 Å². The largest absolute Gasteiger partial charge is 0.395 e. The predicted molar refractivity (Wildman–Crippen MR) is 105 cm³/mol. The molecule has 1 heterocycles. The molecular formula is C20H27FN4O3. The van der Waals surface area contributed by atoms with E-state index >= 15 is 0 Å². The third-order valence-electron chi connectivity index (χ3n) is 4.47. The van der Waals surface area contributed by atoms with Crippen LogP contribution in [-0.4, -0.2) is 48.6 Å². The third kappa shape index (κ3) is 5.10. The van der Waals surface area contributed by atoms with Gasteiger partial charge >= 0.3 is 0 Å². The van der Waals surface area contributed by atoms with E-state index in [9.17, 15) is 14.0 Å². The van der Waals surface area contributed by atoms with Gasteiger partial charge in [0.15, 0.2) is 0 Å². The van der Waals surface area contributed by atoms with Crippen LogP contribution in [0.4, 0.5) is 4.39 Å². The number of hydrogen-bond donors (Lipinski definition) is 4. The molecule has 28 heavy (non-hydrogen) atoms. The van der Waals surface area contributed by atoms with Crippen molar-refractivity contribution in [2.75, 3.05) is 26.7 Å². The normalized spacial score (nSPS) is 13.0. The first-order chi connectivity index (χ1) is 13.4. The number of aliphatic hydroxyl groups is 1. The van der Waals surface area contributed by atoms with Crippen LogP contribution in [0.3, 0.4) is 0 Å². The van der Waals surface area contributed by atoms with Gasteiger partial charge in [0, 0.05) is 31.3 Å². The number of carbonyl (C=O) groups is 2. The number of hydrazine groups is 1. The molecule has 7 nitrogen and oxygen atoms in total. The average molecular weight is 390 g/mol. The lowest BCUT2D eigenvalue weighted by atomic mass is 10.00. The van der Waals surface area contributed by atoms with Crippen molar-refractivity contribution < 1.29 is 19.1 Å². The van der Waals surface area contributed by atoms with Crippen LogP contribution in [0.25, 0.3) is 5.70 Å². The minimum atomic E-state index is -0.514. The summed E-state index contributed by atoms with van der Waals surface area (Å²) in [5.41, 5.74) is 7.72. The van der Waals surface area contributed by atoms with E-state index < -0.39 is 11.7 Å². The fourth-order valence-corrected chi connectivity index (χ4v) is 2.73. The van der Waals surface area contributed by atoms with Crippen LogP contribution < -0.4 is 16.2 Å². The monoisotopic (exact) mass is 390 g/mol. The van der Waals surface area contributed by atoms with E-state index in [1.807, 2.05) is 0 Å². The van der Waals surface area contributed by atoms with Crippen molar-refractivity contribution in [1.29, 1.82) is 0 Å². The van der Waals surface area contributed by atoms with Crippen molar-refractivity contribution >= 4 is 17.5 Å². The maximum absolute atomic E-state index is 14.3. The second-order valence-corrected chi connectivity index (χ2v) is 6.60. The number of nitrogens with one attached hydrogen (secondary N) is 3. The second kappa shape index (κ2) is 9.89. The van der Waals surface area contributed by atoms with Crippen molar-refractivity contribution in [3.05, 3.63) is 52.5 Å². The Morgan fingerprint density at radius 3 is 2.61 bits per heavy atom. The Kier molecular flexibility index (Phi) is 7.57. The van der Waals surface area contributed by atoms with Gasteiger partial charge in [-0.1, -0.05) is 13.3 Å². The van der Waals surface area contributed by atoms with Gasteiger partial charge in [0.05, 0.1) is 12.3 Å². The molecule has 8 heteroatoms. The molecular weight excluding hydrogens is 363 g/mol. The van der Waals surface area contributed by atoms with Crippen LogP contribution in [0.5, 0.6) is 0 Å². The Morgan fingerprint density at radius 1 is 1.25 bits per heavy atom. The molecule has 0 saturated heterocycles. The quantitative estimate of drug-likeness (QED) is 0.539. The summed E-state index contributed by atoms with van der Waals surface area (Å²) in [4.78, 5) is 26.1. The van der Waals surface area contributed by atoms with Crippen LogP contribution in [0.15, 0.2) is 30.0 Å². The highest BCUT2D eigenvalue weighted by Gasteiger charge is 2.20. The molecule has 1 aliphatic rings. The molecule has 0 fully saturated rings. The van der Waals surface area contributed by atoms with Crippen molar-refractivity contribution in [3.8, 4) is 0 Å². The Morgan fingerprint density at radius 2 is 2.00 bits per heavy atom. The molecule has 2 rings (SSSR count). The van der Waals surface area contributed by atoms with Gasteiger partial charge in [0.2, 0.25) is 0 Å². The fraction of sp³-hybridized carbons (Fsp3) is 0.400. The Labute approximate surface area is 164 Å². The van der Waals surface area contributed by atoms with Gasteiger partial charge in [-0.25, -0.2) is 4.39 Å². The zero-order chi connectivity index (χ0) is 20.7. The van der Waals surface area contributed by atoms with Gasteiger partial charge in [-0.2, -0.15) is 0 Å². The number of nitrogens with zero attached hydrogens (tertiary/aromatic N) is 1. The zero-order valence-electron chi connectivity index (χ0n) is 16.4. The smallest absolute Gasteiger partial charge is 0.271 e. The van der Waals surface area contributed by atoms with Crippen LogP contribution in [-0.2, 0) is 4.79 Å². The SMILES string of the molecule is CCCCN(C)C(=O)C1=CC=C(c2cc(C(=O)NCCO)cc(F)c2C)NN1. The van der Waals surface area contributed by atoms with Gasteiger partial charge in [-0.15, -0.1) is 0 Å². The summed E-state index contributed by atoms with van der Waals surface area (Å²) in [6.45, 7) is 4.24. The van der Waals surface area contributed by atoms with Crippen molar-refractivity contribution in [1.82, 2.24) is 21.1 Å². The number of hydrogen-bond acceptors (Lipinski definition) is 5. The molecule has 1 aliphatic heterocycles. The highest BCUT2D eigenvalue weighted by molar-refractivity contribution is 5.96. The number of aliphatic hydroxyl groups excluding tert-OH is 1. The van der Waals surface area contributed by atoms with E-state index in [2.05, 4.69) is 23.1 Å². The Balaban J connectivity index is 2.24. The molecule has 152 valence electrons. The number of rotatable bonds is 8. The van der Waals surface area contributed by atoms with E-state index in [0.29, 0.717) is 29.1 Å². The van der Waals surface area contributed by atoms with E-state index in [1.54, 1.807) is 37.1 Å². The minimum absolute atomic E-state index is 0.0892. The highest BCUT2D eigenvalue weighted by Crippen LogP contribution is 2.23. The first-order valence-corrected chi connectivity index (χ1v) is 9.28. The van der Waals surface area contributed by atoms with Crippen molar-refractivity contribution in [3.63, 3.8) is 0 Å². The number of allylic oxidation sites excluding steroid dienone is 2. The molecule has 0 aromatic heterocycles. The van der Waals surface area contributed by atoms with Gasteiger partial charge in [0.25, 0.3) is 11.8 Å². The maximum atomic E-state index is 14.3. The Hall–Kier alpha value is -2.87. The molecule has 0 aliphatic carbocycles. The standard InChI is InChI=1S/C20H27FN4O3/c1-4-5-9-25(3)20(28)18-7-6-17(23-24-18)15-11-14(12-16(21)13(15)2)19(27)22-8-10-26/h6-7,11-12,23-24,26H,4-5,8-10H2,1-3H3,(H,22,27). The van der Waals surface area contributed by atoms with Gasteiger partial charge < -0.3 is 20.7 Å². The van der Waals surface area contributed by atoms with Crippen LogP contribution >= 0.6 is 0 Å². The van der Waals surface area contributed by atoms with Crippen molar-refractivity contribution in [2.24, 2.45) is 0 Å². The molecule has 0 spiro atoms. The van der Waals surface area contributed by atoms with Gasteiger partial charge in [-0.3, -0.25) is 15.0 Å². The number of benzene rings is 1. The van der Waals surface area contributed by atoms with E-state index in [0.717, 1.165) is 18.9 Å². The van der Waals surface area contributed by atoms with E-state index in [4.69, 9.17) is 5.11 Å². The minimum Gasteiger partial charge on any atom is -0.395 e. The van der Waals surface area contributed by atoms with E-state index in [1.165, 1.54) is 0 Å². The zero-order valence-corrected chi connectivity index (χ0v) is 16.4. The topological polar surface area (TPSA) is 93.7 Å². The lowest BCUT2D eigenvalue weighted by Gasteiger charge is -2.24. The second-order valence-electron chi connectivity index (χ2n) is 6.60. The summed E-state index contributed by atoms with van der Waals surface area (Å²) in [6, 6.07) is 2.73. The number of carbonyl (C=O) groups excluding carboxylic acids is 2. The number of likely N-dealkylation sites (N-methyl/N-ethyl adjacent to an activating group) is 1. The van der Waals surface area contributed by atoms with Crippen LogP contribution in [0.1, 0.15) is 41.3 Å². The Bertz CT molecular complexity index is 805. The third-order valence-corrected chi connectivity index (χ3v) is 4.47. The highest BCUT2D eigenvalue weighted by atomic mass is 19.1. The molecule has 2 amide bonds. The molecule has 1 aromatic carbocycles. The summed E-state index contributed by atoms with van der Waals surface area (Å²) in [5.74, 6) is -1.13. The number of amides is 2. The summed E-state index contributed by atoms with van der Waals surface area (Å²) < 4.78 is 14.3. The summed E-state index contributed by atoms with van der Waals surface area (Å²) in [7, 11) is 1.74. The molecule has 0 saturated carbocycles. The predicted octanol–water partition coefficient (Wildman–Crippen LogP) is 1.45. The van der Waals surface area contributed by atoms with Gasteiger partial charge in [0.1, 0.15) is 11.5 Å². The first kappa shape index (κ1) is 21.4. The summed E-state index contributed by atoms with van der Waals surface area (Å²) >= 11 is 0. The lowest BCUT2D eigenvalue weighted by molar-refractivity contribution is -0.126. The molecule has 0 radical (unpaired) electrons. The molecule has 4 N–H and O–H groups in total. The molecule has 0 atom stereocenters. The fourth-order valence-electron chi connectivity index (χ4n) is 2.73. The number of unbranched alkanes of at least 4 members (excludes halogenated alkanes) is 1.